The number of hydrogen-bond donors (Lipinski definition) is 2. The molecule has 8 heteroatoms. The number of nitrogens with zero attached hydrogens (tertiary/aromatic N) is 1. The van der Waals surface area contributed by atoms with Crippen LogP contribution in [0.25, 0.3) is 5.76 Å². The average Bonchev–Trinajstić information content (AvgIpc) is 2.53. The fourth-order valence-corrected chi connectivity index (χ4v) is 2.29. The van der Waals surface area contributed by atoms with E-state index in [0.29, 0.717) is 0 Å². The van der Waals surface area contributed by atoms with Crippen molar-refractivity contribution in [1.29, 1.82) is 0 Å². The number of carbonyl (C=O) groups excluding carboxylic acids is 1. The van der Waals surface area contributed by atoms with Crippen molar-refractivity contribution in [3.63, 3.8) is 0 Å². The third kappa shape index (κ3) is 3.69. The molecule has 26 heavy (non-hydrogen) atoms. The van der Waals surface area contributed by atoms with E-state index in [1.165, 1.54) is 25.3 Å². The maximum Gasteiger partial charge on any atom is 0.323 e. The topological polar surface area (TPSA) is 119 Å². The second-order valence-electron chi connectivity index (χ2n) is 6.61. The third-order valence-electron chi connectivity index (χ3n) is 3.63. The van der Waals surface area contributed by atoms with Gasteiger partial charge in [0.25, 0.3) is 0 Å². The third-order valence-corrected chi connectivity index (χ3v) is 3.63. The Bertz CT molecular complexity index is 857. The summed E-state index contributed by atoms with van der Waals surface area (Å²) < 4.78 is 10.5. The molecule has 0 aliphatic carbocycles. The summed E-state index contributed by atoms with van der Waals surface area (Å²) in [6.07, 6.45) is 2.38. The Morgan fingerprint density at radius 2 is 1.92 bits per heavy atom. The van der Waals surface area contributed by atoms with E-state index in [1.807, 2.05) is 0 Å². The molecule has 1 aliphatic heterocycles. The highest BCUT2D eigenvalue weighted by Crippen LogP contribution is 2.36. The van der Waals surface area contributed by atoms with Gasteiger partial charge in [-0.25, -0.2) is 0 Å². The van der Waals surface area contributed by atoms with Crippen LogP contribution in [0, 0.1) is 15.5 Å². The van der Waals surface area contributed by atoms with E-state index >= 15 is 0 Å². The first-order valence-electron chi connectivity index (χ1n) is 7.65. The summed E-state index contributed by atoms with van der Waals surface area (Å²) in [5.41, 5.74) is -1.49. The normalized spacial score (nSPS) is 16.2. The number of Topliss-reactive ketones (excluding diaryl/α,β-unsaturated/α-hetero) is 1. The van der Waals surface area contributed by atoms with Crippen LogP contribution in [-0.4, -0.2) is 28.0 Å². The number of benzene rings is 1. The minimum absolute atomic E-state index is 0.0105. The predicted molar refractivity (Wildman–Crippen MR) is 92.4 cm³/mol. The largest absolute Gasteiger partial charge is 0.508 e. The molecule has 138 valence electrons. The van der Waals surface area contributed by atoms with Gasteiger partial charge in [-0.15, -0.1) is 0 Å². The van der Waals surface area contributed by atoms with Crippen LogP contribution in [0.1, 0.15) is 26.3 Å². The molecule has 1 aromatic carbocycles. The summed E-state index contributed by atoms with van der Waals surface area (Å²) in [6.45, 7) is 4.72. The molecule has 8 nitrogen and oxygen atoms in total. The molecule has 1 aliphatic rings. The molecule has 1 aromatic rings. The number of methoxy groups -OCH3 is 1. The zero-order valence-corrected chi connectivity index (χ0v) is 14.8. The molecule has 0 bridgehead atoms. The standard InChI is InChI=1S/C18H19NO7/c1-18(2,3)17(22)16(19(23)24)12-8-14(26-9-15(12)25-4)11-6-5-10(20)7-13(11)21/h5-9,20-21H,1-4H3. The van der Waals surface area contributed by atoms with Gasteiger partial charge in [-0.3, -0.25) is 14.9 Å². The van der Waals surface area contributed by atoms with E-state index in [9.17, 15) is 25.1 Å². The number of hydrogen-bond acceptors (Lipinski definition) is 7. The van der Waals surface area contributed by atoms with Gasteiger partial charge < -0.3 is 19.7 Å². The summed E-state index contributed by atoms with van der Waals surface area (Å²) in [4.78, 5) is 23.4. The number of rotatable bonds is 4. The predicted octanol–water partition coefficient (Wildman–Crippen LogP) is 3.10. The number of phenols is 2. The van der Waals surface area contributed by atoms with E-state index in [2.05, 4.69) is 0 Å². The summed E-state index contributed by atoms with van der Waals surface area (Å²) in [5, 5.41) is 31.0. The number of aromatic hydroxyl groups is 2. The van der Waals surface area contributed by atoms with Crippen LogP contribution in [0.3, 0.4) is 0 Å². The first-order valence-corrected chi connectivity index (χ1v) is 7.65. The van der Waals surface area contributed by atoms with Crippen molar-refractivity contribution in [3.8, 4) is 11.5 Å². The number of phenolic OH excluding ortho intramolecular Hbond substituents is 2. The second-order valence-corrected chi connectivity index (χ2v) is 6.61. The van der Waals surface area contributed by atoms with Gasteiger partial charge in [0.15, 0.2) is 5.76 Å². The molecule has 0 aromatic heterocycles. The molecule has 2 N–H and O–H groups in total. The van der Waals surface area contributed by atoms with Crippen molar-refractivity contribution in [2.45, 2.75) is 20.8 Å². The van der Waals surface area contributed by atoms with Crippen LogP contribution in [0.15, 0.2) is 47.6 Å². The SMILES string of the molecule is COC1=COC(c2ccc(O)cc2O)=CC1=C(C(=O)C(C)(C)C)[N+](=O)[O-]. The van der Waals surface area contributed by atoms with Gasteiger partial charge in [-0.2, -0.15) is 0 Å². The average molecular weight is 361 g/mol. The Morgan fingerprint density at radius 1 is 1.27 bits per heavy atom. The van der Waals surface area contributed by atoms with Crippen molar-refractivity contribution in [3.05, 3.63) is 63.2 Å². The van der Waals surface area contributed by atoms with Crippen LogP contribution >= 0.6 is 0 Å². The van der Waals surface area contributed by atoms with Gasteiger partial charge in [-0.1, -0.05) is 20.8 Å². The molecule has 0 spiro atoms. The Labute approximate surface area is 149 Å². The number of carbonyl (C=O) groups is 1. The summed E-state index contributed by atoms with van der Waals surface area (Å²) in [5.74, 6) is -1.03. The molecule has 0 saturated heterocycles. The van der Waals surface area contributed by atoms with Gasteiger partial charge in [0.1, 0.15) is 29.1 Å². The Hall–Kier alpha value is -3.29. The minimum Gasteiger partial charge on any atom is -0.508 e. The van der Waals surface area contributed by atoms with Crippen molar-refractivity contribution >= 4 is 11.5 Å². The molecular weight excluding hydrogens is 342 g/mol. The van der Waals surface area contributed by atoms with Gasteiger partial charge in [-0.05, 0) is 18.2 Å². The molecule has 0 amide bonds. The van der Waals surface area contributed by atoms with Crippen LogP contribution in [0.2, 0.25) is 0 Å². The lowest BCUT2D eigenvalue weighted by Crippen LogP contribution is -2.27. The monoisotopic (exact) mass is 361 g/mol. The van der Waals surface area contributed by atoms with E-state index in [4.69, 9.17) is 9.47 Å². The minimum atomic E-state index is -0.985. The lowest BCUT2D eigenvalue weighted by atomic mass is 9.87. The van der Waals surface area contributed by atoms with Gasteiger partial charge in [0, 0.05) is 11.5 Å². The van der Waals surface area contributed by atoms with E-state index in [-0.39, 0.29) is 34.2 Å². The van der Waals surface area contributed by atoms with E-state index in [0.717, 1.165) is 12.3 Å². The molecule has 1 heterocycles. The van der Waals surface area contributed by atoms with Crippen molar-refractivity contribution in [2.24, 2.45) is 5.41 Å². The van der Waals surface area contributed by atoms with Crippen LogP contribution in [-0.2, 0) is 14.3 Å². The quantitative estimate of drug-likeness (QED) is 0.480. The van der Waals surface area contributed by atoms with Gasteiger partial charge in [0.05, 0.1) is 17.6 Å². The number of nitro groups is 1. The van der Waals surface area contributed by atoms with Gasteiger partial charge in [0.2, 0.25) is 5.78 Å². The fraction of sp³-hybridized carbons (Fsp3) is 0.278. The van der Waals surface area contributed by atoms with Crippen LogP contribution < -0.4 is 0 Å². The molecule has 0 unspecified atom stereocenters. The molecule has 0 radical (unpaired) electrons. The first-order chi connectivity index (χ1) is 12.1. The summed E-state index contributed by atoms with van der Waals surface area (Å²) >= 11 is 0. The Balaban J connectivity index is 2.69. The lowest BCUT2D eigenvalue weighted by Gasteiger charge is -2.20. The van der Waals surface area contributed by atoms with Gasteiger partial charge >= 0.3 is 5.70 Å². The number of ether oxygens (including phenoxy) is 2. The first kappa shape index (κ1) is 19.0. The molecule has 0 saturated carbocycles. The maximum atomic E-state index is 12.6. The summed E-state index contributed by atoms with van der Waals surface area (Å²) in [7, 11) is 1.30. The Morgan fingerprint density at radius 3 is 2.42 bits per heavy atom. The molecule has 2 rings (SSSR count). The highest BCUT2D eigenvalue weighted by Gasteiger charge is 2.38. The maximum absolute atomic E-state index is 12.6. The lowest BCUT2D eigenvalue weighted by molar-refractivity contribution is -0.420. The fourth-order valence-electron chi connectivity index (χ4n) is 2.29. The van der Waals surface area contributed by atoms with E-state index in [1.54, 1.807) is 20.8 Å². The highest BCUT2D eigenvalue weighted by molar-refractivity contribution is 5.99. The highest BCUT2D eigenvalue weighted by atomic mass is 16.6. The number of ketones is 1. The smallest absolute Gasteiger partial charge is 0.323 e. The Kier molecular flexibility index (Phi) is 5.06. The summed E-state index contributed by atoms with van der Waals surface area (Å²) in [6, 6.07) is 3.82. The van der Waals surface area contributed by atoms with Crippen LogP contribution in [0.5, 0.6) is 11.5 Å². The zero-order chi connectivity index (χ0) is 19.6. The van der Waals surface area contributed by atoms with Crippen molar-refractivity contribution < 1.29 is 29.4 Å². The molecule has 0 fully saturated rings. The van der Waals surface area contributed by atoms with Crippen molar-refractivity contribution in [1.82, 2.24) is 0 Å². The molecular formula is C18H19NO7. The zero-order valence-electron chi connectivity index (χ0n) is 14.8. The van der Waals surface area contributed by atoms with E-state index < -0.39 is 21.8 Å². The second kappa shape index (κ2) is 6.91. The number of allylic oxidation sites excluding steroid dienone is 2. The van der Waals surface area contributed by atoms with Crippen LogP contribution in [0.4, 0.5) is 0 Å². The molecule has 0 atom stereocenters. The van der Waals surface area contributed by atoms with Crippen molar-refractivity contribution in [2.75, 3.05) is 7.11 Å².